The molecule has 0 aromatic heterocycles. The number of rotatable bonds is 1. The summed E-state index contributed by atoms with van der Waals surface area (Å²) in [6.45, 7) is 7.65. The smallest absolute Gasteiger partial charge is 0.410 e. The summed E-state index contributed by atoms with van der Waals surface area (Å²) >= 11 is 0. The minimum absolute atomic E-state index is 0.201. The highest BCUT2D eigenvalue weighted by Gasteiger charge is 2.54. The van der Waals surface area contributed by atoms with E-state index in [0.717, 1.165) is 13.1 Å². The van der Waals surface area contributed by atoms with E-state index in [0.29, 0.717) is 11.5 Å². The lowest BCUT2D eigenvalue weighted by molar-refractivity contribution is 0.0189. The van der Waals surface area contributed by atoms with Gasteiger partial charge in [0, 0.05) is 25.6 Å². The molecule has 1 heterocycles. The van der Waals surface area contributed by atoms with Crippen LogP contribution in [0, 0.1) is 5.41 Å². The zero-order valence-electron chi connectivity index (χ0n) is 10.7. The first-order valence-electron chi connectivity index (χ1n) is 6.01. The molecule has 1 aliphatic carbocycles. The Morgan fingerprint density at radius 2 is 2.06 bits per heavy atom. The minimum atomic E-state index is -0.409. The molecule has 1 spiro atoms. The number of ether oxygens (including phenoxy) is 1. The van der Waals surface area contributed by atoms with E-state index in [4.69, 9.17) is 4.74 Å². The van der Waals surface area contributed by atoms with Crippen LogP contribution in [0.2, 0.25) is 0 Å². The Morgan fingerprint density at radius 3 is 2.56 bits per heavy atom. The molecule has 0 bridgehead atoms. The average molecular weight is 226 g/mol. The summed E-state index contributed by atoms with van der Waals surface area (Å²) in [4.78, 5) is 13.7. The molecule has 0 aromatic carbocycles. The van der Waals surface area contributed by atoms with Gasteiger partial charge in [-0.25, -0.2) is 4.79 Å². The van der Waals surface area contributed by atoms with Crippen molar-refractivity contribution >= 4 is 6.09 Å². The normalized spacial score (nSPS) is 26.9. The number of hydrogen-bond acceptors (Lipinski definition) is 3. The lowest BCUT2D eigenvalue weighted by Gasteiger charge is -2.31. The molecule has 92 valence electrons. The van der Waals surface area contributed by atoms with E-state index in [9.17, 15) is 4.79 Å². The first kappa shape index (κ1) is 11.7. The zero-order valence-corrected chi connectivity index (χ0v) is 10.7. The minimum Gasteiger partial charge on any atom is -0.444 e. The molecule has 2 rings (SSSR count). The van der Waals surface area contributed by atoms with E-state index in [2.05, 4.69) is 5.32 Å². The van der Waals surface area contributed by atoms with Crippen LogP contribution < -0.4 is 5.32 Å². The number of nitrogens with one attached hydrogen (secondary N) is 1. The van der Waals surface area contributed by atoms with Gasteiger partial charge in [-0.1, -0.05) is 0 Å². The second kappa shape index (κ2) is 3.62. The summed E-state index contributed by atoms with van der Waals surface area (Å²) in [7, 11) is 1.85. The Morgan fingerprint density at radius 1 is 1.44 bits per heavy atom. The highest BCUT2D eigenvalue weighted by Crippen LogP contribution is 2.52. The maximum atomic E-state index is 11.9. The fourth-order valence-electron chi connectivity index (χ4n) is 2.47. The van der Waals surface area contributed by atoms with E-state index in [1.807, 2.05) is 27.8 Å². The van der Waals surface area contributed by atoms with Crippen molar-refractivity contribution in [1.29, 1.82) is 0 Å². The highest BCUT2D eigenvalue weighted by molar-refractivity contribution is 5.68. The van der Waals surface area contributed by atoms with Gasteiger partial charge in [-0.3, -0.25) is 0 Å². The molecule has 0 unspecified atom stereocenters. The van der Waals surface area contributed by atoms with E-state index in [1.54, 1.807) is 4.90 Å². The van der Waals surface area contributed by atoms with Crippen molar-refractivity contribution in [3.05, 3.63) is 0 Å². The third kappa shape index (κ3) is 2.17. The van der Waals surface area contributed by atoms with Crippen LogP contribution in [0.3, 0.4) is 0 Å². The molecule has 4 nitrogen and oxygen atoms in total. The predicted octanol–water partition coefficient (Wildman–Crippen LogP) is 1.61. The van der Waals surface area contributed by atoms with Gasteiger partial charge in [0.1, 0.15) is 5.60 Å². The highest BCUT2D eigenvalue weighted by atomic mass is 16.6. The molecule has 1 saturated carbocycles. The second-order valence-electron chi connectivity index (χ2n) is 6.10. The third-order valence-corrected chi connectivity index (χ3v) is 3.56. The maximum Gasteiger partial charge on any atom is 0.410 e. The first-order valence-corrected chi connectivity index (χ1v) is 6.01. The molecule has 16 heavy (non-hydrogen) atoms. The van der Waals surface area contributed by atoms with Crippen molar-refractivity contribution in [3.63, 3.8) is 0 Å². The standard InChI is InChI=1S/C12H22N2O2/c1-11(2,3)16-10(15)14(4)9-7-13-8-12(9)5-6-12/h9,13H,5-8H2,1-4H3/t9-/m1/s1. The molecule has 1 N–H and O–H groups in total. The van der Waals surface area contributed by atoms with Crippen molar-refractivity contribution in [2.45, 2.75) is 45.3 Å². The summed E-state index contributed by atoms with van der Waals surface area (Å²) in [6, 6.07) is 0.308. The van der Waals surface area contributed by atoms with Crippen LogP contribution in [-0.4, -0.2) is 42.8 Å². The van der Waals surface area contributed by atoms with Crippen LogP contribution in [0.15, 0.2) is 0 Å². The molecular formula is C12H22N2O2. The van der Waals surface area contributed by atoms with Crippen LogP contribution in [-0.2, 0) is 4.74 Å². The van der Waals surface area contributed by atoms with E-state index in [-0.39, 0.29) is 6.09 Å². The Bertz CT molecular complexity index is 292. The third-order valence-electron chi connectivity index (χ3n) is 3.56. The van der Waals surface area contributed by atoms with E-state index in [1.165, 1.54) is 12.8 Å². The van der Waals surface area contributed by atoms with Crippen molar-refractivity contribution in [2.24, 2.45) is 5.41 Å². The lowest BCUT2D eigenvalue weighted by Crippen LogP contribution is -2.45. The first-order chi connectivity index (χ1) is 7.34. The molecule has 4 heteroatoms. The van der Waals surface area contributed by atoms with Gasteiger partial charge in [0.25, 0.3) is 0 Å². The van der Waals surface area contributed by atoms with Gasteiger partial charge in [0.15, 0.2) is 0 Å². The number of hydrogen-bond donors (Lipinski definition) is 1. The maximum absolute atomic E-state index is 11.9. The van der Waals surface area contributed by atoms with Crippen LogP contribution in [0.1, 0.15) is 33.6 Å². The monoisotopic (exact) mass is 226 g/mol. The fraction of sp³-hybridized carbons (Fsp3) is 0.917. The summed E-state index contributed by atoms with van der Waals surface area (Å²) in [5, 5.41) is 3.37. The molecule has 0 radical (unpaired) electrons. The Labute approximate surface area is 97.3 Å². The van der Waals surface area contributed by atoms with Gasteiger partial charge in [-0.15, -0.1) is 0 Å². The number of amides is 1. The molecular weight excluding hydrogens is 204 g/mol. The van der Waals surface area contributed by atoms with Gasteiger partial charge in [-0.2, -0.15) is 0 Å². The number of carbonyl (C=O) groups is 1. The van der Waals surface area contributed by atoms with Crippen molar-refractivity contribution in [3.8, 4) is 0 Å². The predicted molar refractivity (Wildman–Crippen MR) is 62.3 cm³/mol. The Kier molecular flexibility index (Phi) is 2.65. The van der Waals surface area contributed by atoms with Gasteiger partial charge < -0.3 is 15.0 Å². The Balaban J connectivity index is 1.97. The SMILES string of the molecule is CN(C(=O)OC(C)(C)C)[C@@H]1CNCC12CC2. The number of likely N-dealkylation sites (N-methyl/N-ethyl adjacent to an activating group) is 1. The van der Waals surface area contributed by atoms with Crippen molar-refractivity contribution in [1.82, 2.24) is 10.2 Å². The van der Waals surface area contributed by atoms with Crippen LogP contribution in [0.4, 0.5) is 4.79 Å². The summed E-state index contributed by atoms with van der Waals surface area (Å²) < 4.78 is 5.39. The number of carbonyl (C=O) groups excluding carboxylic acids is 1. The summed E-state index contributed by atoms with van der Waals surface area (Å²) in [6.07, 6.45) is 2.27. The quantitative estimate of drug-likeness (QED) is 0.738. The van der Waals surface area contributed by atoms with Gasteiger partial charge in [-0.05, 0) is 33.6 Å². The van der Waals surface area contributed by atoms with E-state index < -0.39 is 5.60 Å². The largest absolute Gasteiger partial charge is 0.444 e. The second-order valence-corrected chi connectivity index (χ2v) is 6.10. The molecule has 1 saturated heterocycles. The van der Waals surface area contributed by atoms with Crippen molar-refractivity contribution < 1.29 is 9.53 Å². The van der Waals surface area contributed by atoms with Crippen LogP contribution in [0.25, 0.3) is 0 Å². The molecule has 1 amide bonds. The van der Waals surface area contributed by atoms with Gasteiger partial charge >= 0.3 is 6.09 Å². The molecule has 2 aliphatic rings. The topological polar surface area (TPSA) is 41.6 Å². The average Bonchev–Trinajstić information content (AvgIpc) is 2.75. The molecule has 1 aliphatic heterocycles. The fourth-order valence-corrected chi connectivity index (χ4v) is 2.47. The van der Waals surface area contributed by atoms with Gasteiger partial charge in [0.05, 0.1) is 6.04 Å². The van der Waals surface area contributed by atoms with Crippen molar-refractivity contribution in [2.75, 3.05) is 20.1 Å². The molecule has 0 aromatic rings. The van der Waals surface area contributed by atoms with Crippen LogP contribution >= 0.6 is 0 Å². The van der Waals surface area contributed by atoms with E-state index >= 15 is 0 Å². The molecule has 2 fully saturated rings. The summed E-state index contributed by atoms with van der Waals surface area (Å²) in [5.74, 6) is 0. The number of nitrogens with zero attached hydrogens (tertiary/aromatic N) is 1. The molecule has 1 atom stereocenters. The van der Waals surface area contributed by atoms with Gasteiger partial charge in [0.2, 0.25) is 0 Å². The summed E-state index contributed by atoms with van der Waals surface area (Å²) in [5.41, 5.74) is -0.0558. The lowest BCUT2D eigenvalue weighted by atomic mass is 10.00. The van der Waals surface area contributed by atoms with Crippen LogP contribution in [0.5, 0.6) is 0 Å². The Hall–Kier alpha value is -0.770. The zero-order chi connectivity index (χ0) is 12.0.